The highest BCUT2D eigenvalue weighted by molar-refractivity contribution is 5.98. The van der Waals surface area contributed by atoms with Crippen molar-refractivity contribution in [1.29, 1.82) is 0 Å². The van der Waals surface area contributed by atoms with Crippen LogP contribution < -0.4 is 20.9 Å². The average molecular weight is 397 g/mol. The van der Waals surface area contributed by atoms with Gasteiger partial charge in [-0.3, -0.25) is 25.2 Å². The van der Waals surface area contributed by atoms with E-state index in [9.17, 15) is 14.4 Å². The number of rotatable bonds is 7. The van der Waals surface area contributed by atoms with E-state index in [1.54, 1.807) is 24.3 Å². The smallest absolute Gasteiger partial charge is 0.273 e. The van der Waals surface area contributed by atoms with E-state index >= 15 is 0 Å². The lowest BCUT2D eigenvalue weighted by Gasteiger charge is -2.14. The van der Waals surface area contributed by atoms with Crippen LogP contribution >= 0.6 is 0 Å². The molecule has 0 aliphatic heterocycles. The van der Waals surface area contributed by atoms with Crippen molar-refractivity contribution in [3.05, 3.63) is 59.2 Å². The van der Waals surface area contributed by atoms with E-state index < -0.39 is 11.8 Å². The lowest BCUT2D eigenvalue weighted by atomic mass is 10.1. The van der Waals surface area contributed by atoms with E-state index in [4.69, 9.17) is 4.74 Å². The van der Waals surface area contributed by atoms with Crippen molar-refractivity contribution in [2.45, 2.75) is 46.6 Å². The molecule has 0 aliphatic carbocycles. The maximum atomic E-state index is 12.3. The number of amides is 3. The Labute approximate surface area is 170 Å². The minimum atomic E-state index is -0.491. The summed E-state index contributed by atoms with van der Waals surface area (Å²) in [5, 5.41) is 2.79. The zero-order chi connectivity index (χ0) is 21.4. The van der Waals surface area contributed by atoms with Crippen molar-refractivity contribution in [1.82, 2.24) is 10.9 Å². The minimum Gasteiger partial charge on any atom is -0.490 e. The molecule has 29 heavy (non-hydrogen) atoms. The molecule has 7 heteroatoms. The van der Waals surface area contributed by atoms with Gasteiger partial charge >= 0.3 is 0 Å². The zero-order valence-electron chi connectivity index (χ0n) is 17.2. The van der Waals surface area contributed by atoms with Crippen LogP contribution in [0.1, 0.15) is 48.2 Å². The molecule has 0 fully saturated rings. The summed E-state index contributed by atoms with van der Waals surface area (Å²) in [6.07, 6.45) is -0.141. The molecule has 3 N–H and O–H groups in total. The second-order valence-electron chi connectivity index (χ2n) is 7.03. The molecule has 0 saturated carbocycles. The number of para-hydroxylation sites is 1. The highest BCUT2D eigenvalue weighted by Gasteiger charge is 2.14. The molecule has 3 amide bonds. The molecule has 0 aromatic heterocycles. The first-order chi connectivity index (χ1) is 13.8. The van der Waals surface area contributed by atoms with Crippen molar-refractivity contribution in [3.63, 3.8) is 0 Å². The van der Waals surface area contributed by atoms with Gasteiger partial charge in [0.2, 0.25) is 11.8 Å². The van der Waals surface area contributed by atoms with Gasteiger partial charge in [0.1, 0.15) is 5.75 Å². The zero-order valence-corrected chi connectivity index (χ0v) is 17.2. The molecule has 2 aromatic rings. The van der Waals surface area contributed by atoms with Gasteiger partial charge in [-0.05, 0) is 51.5 Å². The summed E-state index contributed by atoms with van der Waals surface area (Å²) >= 11 is 0. The van der Waals surface area contributed by atoms with Crippen LogP contribution in [0.2, 0.25) is 0 Å². The Balaban J connectivity index is 1.81. The summed E-state index contributed by atoms with van der Waals surface area (Å²) < 4.78 is 5.60. The Morgan fingerprint density at radius 3 is 2.31 bits per heavy atom. The third-order valence-electron chi connectivity index (χ3n) is 4.04. The van der Waals surface area contributed by atoms with E-state index in [2.05, 4.69) is 16.2 Å². The first kappa shape index (κ1) is 21.9. The summed E-state index contributed by atoms with van der Waals surface area (Å²) in [7, 11) is 0. The number of carbonyl (C=O) groups excluding carboxylic acids is 3. The van der Waals surface area contributed by atoms with Crippen LogP contribution in [0.15, 0.2) is 42.5 Å². The quantitative estimate of drug-likeness (QED) is 0.625. The second kappa shape index (κ2) is 10.3. The molecule has 0 heterocycles. The second-order valence-corrected chi connectivity index (χ2v) is 7.03. The van der Waals surface area contributed by atoms with Crippen LogP contribution in [0.25, 0.3) is 0 Å². The molecule has 2 aromatic carbocycles. The molecule has 7 nitrogen and oxygen atoms in total. The number of ether oxygens (including phenoxy) is 1. The van der Waals surface area contributed by atoms with Gasteiger partial charge in [0.15, 0.2) is 0 Å². The number of anilines is 1. The van der Waals surface area contributed by atoms with E-state index in [1.165, 1.54) is 0 Å². The van der Waals surface area contributed by atoms with Crippen molar-refractivity contribution >= 4 is 23.4 Å². The molecule has 0 unspecified atom stereocenters. The highest BCUT2D eigenvalue weighted by atomic mass is 16.5. The molecule has 0 aliphatic rings. The molecule has 2 rings (SSSR count). The van der Waals surface area contributed by atoms with Gasteiger partial charge in [-0.25, -0.2) is 0 Å². The Morgan fingerprint density at radius 1 is 0.931 bits per heavy atom. The first-order valence-electron chi connectivity index (χ1n) is 9.48. The van der Waals surface area contributed by atoms with Crippen LogP contribution in [0, 0.1) is 13.8 Å². The molecular weight excluding hydrogens is 370 g/mol. The third kappa shape index (κ3) is 6.95. The predicted octanol–water partition coefficient (Wildman–Crippen LogP) is 3.27. The fourth-order valence-electron chi connectivity index (χ4n) is 2.66. The third-order valence-corrected chi connectivity index (χ3v) is 4.04. The topological polar surface area (TPSA) is 96.5 Å². The van der Waals surface area contributed by atoms with Gasteiger partial charge in [-0.2, -0.15) is 0 Å². The number of nitrogens with one attached hydrogen (secondary N) is 3. The standard InChI is InChI=1S/C22H27N3O4/c1-14(2)29-19-8-6-5-7-17(19)22(28)25-24-21(27)12-11-20(26)23-18-10-9-15(3)13-16(18)4/h5-10,13-14H,11-12H2,1-4H3,(H,23,26)(H,24,27)(H,25,28). The maximum Gasteiger partial charge on any atom is 0.273 e. The summed E-state index contributed by atoms with van der Waals surface area (Å²) in [4.78, 5) is 36.3. The Morgan fingerprint density at radius 2 is 1.62 bits per heavy atom. The van der Waals surface area contributed by atoms with Crippen molar-refractivity contribution in [2.24, 2.45) is 0 Å². The monoisotopic (exact) mass is 397 g/mol. The molecule has 0 atom stereocenters. The Hall–Kier alpha value is -3.35. The van der Waals surface area contributed by atoms with Crippen LogP contribution in [0.5, 0.6) is 5.75 Å². The molecule has 0 saturated heterocycles. The van der Waals surface area contributed by atoms with Gasteiger partial charge in [0.05, 0.1) is 11.7 Å². The Kier molecular flexibility index (Phi) is 7.77. The van der Waals surface area contributed by atoms with Crippen molar-refractivity contribution in [3.8, 4) is 5.75 Å². The van der Waals surface area contributed by atoms with Crippen LogP contribution in [-0.4, -0.2) is 23.8 Å². The van der Waals surface area contributed by atoms with Crippen LogP contribution in [0.3, 0.4) is 0 Å². The van der Waals surface area contributed by atoms with Crippen molar-refractivity contribution < 1.29 is 19.1 Å². The van der Waals surface area contributed by atoms with Gasteiger partial charge < -0.3 is 10.1 Å². The SMILES string of the molecule is Cc1ccc(NC(=O)CCC(=O)NNC(=O)c2ccccc2OC(C)C)c(C)c1. The van der Waals surface area contributed by atoms with Crippen LogP contribution in [0.4, 0.5) is 5.69 Å². The normalized spacial score (nSPS) is 10.4. The molecule has 0 spiro atoms. The average Bonchev–Trinajstić information content (AvgIpc) is 2.66. The number of benzene rings is 2. The maximum absolute atomic E-state index is 12.3. The fraction of sp³-hybridized carbons (Fsp3) is 0.318. The number of hydrazine groups is 1. The predicted molar refractivity (Wildman–Crippen MR) is 112 cm³/mol. The summed E-state index contributed by atoms with van der Waals surface area (Å²) in [6.45, 7) is 7.61. The summed E-state index contributed by atoms with van der Waals surface area (Å²) in [5.74, 6) is -0.790. The van der Waals surface area contributed by atoms with E-state index in [0.29, 0.717) is 11.3 Å². The summed E-state index contributed by atoms with van der Waals surface area (Å²) in [6, 6.07) is 12.5. The number of hydrogen-bond acceptors (Lipinski definition) is 4. The van der Waals surface area contributed by atoms with Gasteiger partial charge in [-0.15, -0.1) is 0 Å². The van der Waals surface area contributed by atoms with E-state index in [0.717, 1.165) is 16.8 Å². The summed E-state index contributed by atoms with van der Waals surface area (Å²) in [5.41, 5.74) is 7.77. The van der Waals surface area contributed by atoms with Crippen molar-refractivity contribution in [2.75, 3.05) is 5.32 Å². The van der Waals surface area contributed by atoms with E-state index in [1.807, 2.05) is 45.9 Å². The fourth-order valence-corrected chi connectivity index (χ4v) is 2.66. The number of aryl methyl sites for hydroxylation is 2. The minimum absolute atomic E-state index is 0.00205. The lowest BCUT2D eigenvalue weighted by Crippen LogP contribution is -2.42. The molecule has 154 valence electrons. The van der Waals surface area contributed by atoms with Gasteiger partial charge in [0.25, 0.3) is 5.91 Å². The number of carbonyl (C=O) groups is 3. The number of hydrogen-bond donors (Lipinski definition) is 3. The molecule has 0 bridgehead atoms. The lowest BCUT2D eigenvalue weighted by molar-refractivity contribution is -0.124. The Bertz CT molecular complexity index is 893. The van der Waals surface area contributed by atoms with Gasteiger partial charge in [0, 0.05) is 18.5 Å². The van der Waals surface area contributed by atoms with Crippen LogP contribution in [-0.2, 0) is 9.59 Å². The first-order valence-corrected chi connectivity index (χ1v) is 9.48. The largest absolute Gasteiger partial charge is 0.490 e. The molecule has 0 radical (unpaired) electrons. The van der Waals surface area contributed by atoms with Gasteiger partial charge in [-0.1, -0.05) is 29.8 Å². The highest BCUT2D eigenvalue weighted by Crippen LogP contribution is 2.19. The van der Waals surface area contributed by atoms with E-state index in [-0.39, 0.29) is 24.9 Å². The molecular formula is C22H27N3O4.